The highest BCUT2D eigenvalue weighted by Gasteiger charge is 2.14. The van der Waals surface area contributed by atoms with Crippen LogP contribution >= 0.6 is 0 Å². The van der Waals surface area contributed by atoms with E-state index in [0.717, 1.165) is 12.6 Å². The molecule has 0 amide bonds. The van der Waals surface area contributed by atoms with Crippen molar-refractivity contribution < 1.29 is 10.2 Å². The second kappa shape index (κ2) is 7.24. The SMILES string of the molecule is O=[N+]([O-])c1ccc(C[NH2+]C2CCCCCCC2)cc1. The van der Waals surface area contributed by atoms with Gasteiger partial charge in [0.05, 0.1) is 11.0 Å². The van der Waals surface area contributed by atoms with Crippen molar-refractivity contribution in [1.82, 2.24) is 0 Å². The Morgan fingerprint density at radius 3 is 2.21 bits per heavy atom. The second-order valence-corrected chi connectivity index (χ2v) is 5.47. The normalized spacial score (nSPS) is 17.7. The maximum atomic E-state index is 10.6. The molecule has 0 bridgehead atoms. The van der Waals surface area contributed by atoms with Crippen molar-refractivity contribution in [3.05, 3.63) is 39.9 Å². The van der Waals surface area contributed by atoms with Crippen LogP contribution in [0.1, 0.15) is 50.5 Å². The molecule has 0 heterocycles. The van der Waals surface area contributed by atoms with Gasteiger partial charge in [-0.2, -0.15) is 0 Å². The third-order valence-electron chi connectivity index (χ3n) is 3.98. The van der Waals surface area contributed by atoms with Crippen molar-refractivity contribution >= 4 is 5.69 Å². The van der Waals surface area contributed by atoms with Gasteiger partial charge in [-0.25, -0.2) is 0 Å². The van der Waals surface area contributed by atoms with Gasteiger partial charge >= 0.3 is 0 Å². The Balaban J connectivity index is 1.81. The number of hydrogen-bond donors (Lipinski definition) is 1. The summed E-state index contributed by atoms with van der Waals surface area (Å²) in [7, 11) is 0. The molecule has 0 unspecified atom stereocenters. The highest BCUT2D eigenvalue weighted by molar-refractivity contribution is 5.32. The Hall–Kier alpha value is -1.42. The van der Waals surface area contributed by atoms with Crippen LogP contribution in [-0.4, -0.2) is 11.0 Å². The van der Waals surface area contributed by atoms with Crippen LogP contribution in [0.15, 0.2) is 24.3 Å². The fourth-order valence-corrected chi connectivity index (χ4v) is 2.78. The molecule has 0 aliphatic heterocycles. The first-order chi connectivity index (χ1) is 9.25. The number of rotatable bonds is 4. The summed E-state index contributed by atoms with van der Waals surface area (Å²) in [5.41, 5.74) is 1.35. The van der Waals surface area contributed by atoms with Gasteiger partial charge in [-0.05, 0) is 37.8 Å². The molecule has 1 aromatic rings. The second-order valence-electron chi connectivity index (χ2n) is 5.47. The topological polar surface area (TPSA) is 59.8 Å². The van der Waals surface area contributed by atoms with Gasteiger partial charge < -0.3 is 5.32 Å². The lowest BCUT2D eigenvalue weighted by Gasteiger charge is -2.18. The molecule has 1 aromatic carbocycles. The van der Waals surface area contributed by atoms with Crippen LogP contribution in [0.25, 0.3) is 0 Å². The fourth-order valence-electron chi connectivity index (χ4n) is 2.78. The minimum absolute atomic E-state index is 0.176. The third-order valence-corrected chi connectivity index (χ3v) is 3.98. The van der Waals surface area contributed by atoms with E-state index in [-0.39, 0.29) is 10.6 Å². The van der Waals surface area contributed by atoms with Gasteiger partial charge in [0.1, 0.15) is 6.54 Å². The van der Waals surface area contributed by atoms with E-state index in [9.17, 15) is 10.1 Å². The molecule has 104 valence electrons. The van der Waals surface area contributed by atoms with Crippen molar-refractivity contribution in [1.29, 1.82) is 0 Å². The molecule has 1 fully saturated rings. The van der Waals surface area contributed by atoms with Crippen LogP contribution < -0.4 is 5.32 Å². The number of hydrogen-bond acceptors (Lipinski definition) is 2. The van der Waals surface area contributed by atoms with E-state index >= 15 is 0 Å². The molecule has 0 aromatic heterocycles. The highest BCUT2D eigenvalue weighted by atomic mass is 16.6. The molecule has 0 spiro atoms. The van der Waals surface area contributed by atoms with Crippen molar-refractivity contribution in [3.63, 3.8) is 0 Å². The first-order valence-electron chi connectivity index (χ1n) is 7.32. The van der Waals surface area contributed by atoms with E-state index in [0.29, 0.717) is 0 Å². The number of nitrogens with zero attached hydrogens (tertiary/aromatic N) is 1. The summed E-state index contributed by atoms with van der Waals surface area (Å²) >= 11 is 0. The summed E-state index contributed by atoms with van der Waals surface area (Å²) in [5.74, 6) is 0. The summed E-state index contributed by atoms with van der Waals surface area (Å²) in [4.78, 5) is 10.2. The number of non-ortho nitro benzene ring substituents is 1. The maximum absolute atomic E-state index is 10.6. The number of nitrogens with two attached hydrogens (primary N) is 1. The summed E-state index contributed by atoms with van der Waals surface area (Å²) in [6.07, 6.45) is 9.47. The minimum atomic E-state index is -0.345. The van der Waals surface area contributed by atoms with Crippen LogP contribution in [0.5, 0.6) is 0 Å². The van der Waals surface area contributed by atoms with E-state index in [1.54, 1.807) is 12.1 Å². The Labute approximate surface area is 114 Å². The number of quaternary nitrogens is 1. The number of nitro groups is 1. The molecular weight excluding hydrogens is 240 g/mol. The zero-order chi connectivity index (χ0) is 13.5. The van der Waals surface area contributed by atoms with E-state index in [1.807, 2.05) is 12.1 Å². The molecule has 4 heteroatoms. The summed E-state index contributed by atoms with van der Waals surface area (Å²) in [6.45, 7) is 0.933. The molecular formula is C15H23N2O2+. The molecule has 19 heavy (non-hydrogen) atoms. The zero-order valence-corrected chi connectivity index (χ0v) is 11.4. The highest BCUT2D eigenvalue weighted by Crippen LogP contribution is 2.15. The quantitative estimate of drug-likeness (QED) is 0.670. The molecule has 0 saturated heterocycles. The fraction of sp³-hybridized carbons (Fsp3) is 0.600. The Bertz CT molecular complexity index is 395. The van der Waals surface area contributed by atoms with Gasteiger partial charge in [-0.3, -0.25) is 10.1 Å². The molecule has 2 N–H and O–H groups in total. The molecule has 1 saturated carbocycles. The van der Waals surface area contributed by atoms with Crippen molar-refractivity contribution in [3.8, 4) is 0 Å². The molecule has 2 rings (SSSR count). The van der Waals surface area contributed by atoms with Crippen LogP contribution in [0, 0.1) is 10.1 Å². The van der Waals surface area contributed by atoms with Gasteiger partial charge in [-0.1, -0.05) is 19.3 Å². The van der Waals surface area contributed by atoms with E-state index in [2.05, 4.69) is 5.32 Å². The standard InChI is InChI=1S/C15H22N2O2/c18-17(19)15-10-8-13(9-11-15)12-16-14-6-4-2-1-3-5-7-14/h8-11,14,16H,1-7,12H2/p+1. The zero-order valence-electron chi connectivity index (χ0n) is 11.4. The van der Waals surface area contributed by atoms with Gasteiger partial charge in [-0.15, -0.1) is 0 Å². The average molecular weight is 263 g/mol. The van der Waals surface area contributed by atoms with Crippen LogP contribution in [-0.2, 0) is 6.54 Å². The van der Waals surface area contributed by atoms with Crippen molar-refractivity contribution in [2.75, 3.05) is 0 Å². The molecule has 0 radical (unpaired) electrons. The van der Waals surface area contributed by atoms with Gasteiger partial charge in [0.15, 0.2) is 0 Å². The summed E-state index contributed by atoms with van der Waals surface area (Å²) in [5, 5.41) is 13.0. The van der Waals surface area contributed by atoms with Gasteiger partial charge in [0.25, 0.3) is 5.69 Å². The number of nitro benzene ring substituents is 1. The van der Waals surface area contributed by atoms with Crippen LogP contribution in [0.3, 0.4) is 0 Å². The predicted molar refractivity (Wildman–Crippen MR) is 74.8 cm³/mol. The smallest absolute Gasteiger partial charge is 0.269 e. The van der Waals surface area contributed by atoms with Crippen LogP contribution in [0.4, 0.5) is 5.69 Å². The third kappa shape index (κ3) is 4.63. The molecule has 4 nitrogen and oxygen atoms in total. The van der Waals surface area contributed by atoms with E-state index in [1.165, 1.54) is 50.5 Å². The van der Waals surface area contributed by atoms with Crippen LogP contribution in [0.2, 0.25) is 0 Å². The largest absolute Gasteiger partial charge is 0.340 e. The Morgan fingerprint density at radius 2 is 1.63 bits per heavy atom. The molecule has 1 aliphatic carbocycles. The van der Waals surface area contributed by atoms with Crippen molar-refractivity contribution in [2.45, 2.75) is 57.5 Å². The predicted octanol–water partition coefficient (Wildman–Crippen LogP) is 2.77. The maximum Gasteiger partial charge on any atom is 0.269 e. The Kier molecular flexibility index (Phi) is 5.33. The lowest BCUT2D eigenvalue weighted by atomic mass is 9.96. The van der Waals surface area contributed by atoms with Gasteiger partial charge in [0, 0.05) is 17.7 Å². The number of benzene rings is 1. The first kappa shape index (κ1) is 14.0. The van der Waals surface area contributed by atoms with Gasteiger partial charge in [0.2, 0.25) is 0 Å². The Morgan fingerprint density at radius 1 is 1.05 bits per heavy atom. The molecule has 1 aliphatic rings. The average Bonchev–Trinajstić information content (AvgIpc) is 2.38. The van der Waals surface area contributed by atoms with Crippen molar-refractivity contribution in [2.24, 2.45) is 0 Å². The van der Waals surface area contributed by atoms with E-state index in [4.69, 9.17) is 0 Å². The first-order valence-corrected chi connectivity index (χ1v) is 7.32. The van der Waals surface area contributed by atoms with E-state index < -0.39 is 0 Å². The molecule has 0 atom stereocenters. The lowest BCUT2D eigenvalue weighted by Crippen LogP contribution is -2.88. The summed E-state index contributed by atoms with van der Waals surface area (Å²) < 4.78 is 0. The lowest BCUT2D eigenvalue weighted by molar-refractivity contribution is -0.706. The minimum Gasteiger partial charge on any atom is -0.340 e. The monoisotopic (exact) mass is 263 g/mol. The summed E-state index contributed by atoms with van der Waals surface area (Å²) in [6, 6.07) is 7.67.